The summed E-state index contributed by atoms with van der Waals surface area (Å²) < 4.78 is 5.98. The van der Waals surface area contributed by atoms with Gasteiger partial charge in [0.2, 0.25) is 0 Å². The van der Waals surface area contributed by atoms with E-state index in [-0.39, 0.29) is 0 Å². The first-order valence-electron chi connectivity index (χ1n) is 7.87. The molecule has 2 aromatic carbocycles. The van der Waals surface area contributed by atoms with Crippen LogP contribution < -0.4 is 4.74 Å². The van der Waals surface area contributed by atoms with Gasteiger partial charge in [0.25, 0.3) is 0 Å². The van der Waals surface area contributed by atoms with E-state index < -0.39 is 0 Å². The number of hydrogen-bond donors (Lipinski definition) is 0. The standard InChI is InChI=1S/C18H22ClNO/c19-17-10-9-15-7-2-3-8-16(15)18(17)21-14-6-13-20-11-4-1-5-12-20/h2-3,7-10H,1,4-6,11-14H2. The molecule has 0 aliphatic carbocycles. The first-order chi connectivity index (χ1) is 10.3. The monoisotopic (exact) mass is 303 g/mol. The van der Waals surface area contributed by atoms with Crippen LogP contribution in [-0.4, -0.2) is 31.1 Å². The second-order valence-corrected chi connectivity index (χ2v) is 6.11. The molecule has 0 amide bonds. The molecule has 0 saturated carbocycles. The third-order valence-electron chi connectivity index (χ3n) is 4.15. The average Bonchev–Trinajstić information content (AvgIpc) is 2.54. The highest BCUT2D eigenvalue weighted by Crippen LogP contribution is 2.33. The zero-order valence-electron chi connectivity index (χ0n) is 12.4. The first kappa shape index (κ1) is 14.7. The lowest BCUT2D eigenvalue weighted by molar-refractivity contribution is 0.205. The molecule has 1 aliphatic heterocycles. The number of piperidine rings is 1. The molecule has 0 aromatic heterocycles. The normalized spacial score (nSPS) is 16.2. The Morgan fingerprint density at radius 3 is 2.67 bits per heavy atom. The molecular weight excluding hydrogens is 282 g/mol. The van der Waals surface area contributed by atoms with Gasteiger partial charge in [-0.25, -0.2) is 0 Å². The maximum atomic E-state index is 6.30. The summed E-state index contributed by atoms with van der Waals surface area (Å²) in [6.45, 7) is 4.34. The van der Waals surface area contributed by atoms with Crippen LogP contribution in [0.4, 0.5) is 0 Å². The maximum Gasteiger partial charge on any atom is 0.145 e. The van der Waals surface area contributed by atoms with E-state index in [2.05, 4.69) is 17.0 Å². The summed E-state index contributed by atoms with van der Waals surface area (Å²) in [4.78, 5) is 2.54. The quantitative estimate of drug-likeness (QED) is 0.739. The average molecular weight is 304 g/mol. The third kappa shape index (κ3) is 3.69. The summed E-state index contributed by atoms with van der Waals surface area (Å²) in [7, 11) is 0. The van der Waals surface area contributed by atoms with Crippen molar-refractivity contribution in [1.82, 2.24) is 4.90 Å². The van der Waals surface area contributed by atoms with Gasteiger partial charge in [-0.2, -0.15) is 0 Å². The fraction of sp³-hybridized carbons (Fsp3) is 0.444. The van der Waals surface area contributed by atoms with Crippen molar-refractivity contribution in [1.29, 1.82) is 0 Å². The Kier molecular flexibility index (Phi) is 5.00. The van der Waals surface area contributed by atoms with Gasteiger partial charge < -0.3 is 9.64 Å². The van der Waals surface area contributed by atoms with E-state index in [1.54, 1.807) is 0 Å². The van der Waals surface area contributed by atoms with Crippen molar-refractivity contribution >= 4 is 22.4 Å². The van der Waals surface area contributed by atoms with Crippen molar-refractivity contribution in [2.45, 2.75) is 25.7 Å². The number of ether oxygens (including phenoxy) is 1. The number of nitrogens with zero attached hydrogens (tertiary/aromatic N) is 1. The van der Waals surface area contributed by atoms with Crippen molar-refractivity contribution in [2.75, 3.05) is 26.2 Å². The Morgan fingerprint density at radius 1 is 1.00 bits per heavy atom. The molecule has 0 spiro atoms. The maximum absolute atomic E-state index is 6.30. The van der Waals surface area contributed by atoms with Crippen LogP contribution in [0, 0.1) is 0 Å². The predicted octanol–water partition coefficient (Wildman–Crippen LogP) is 4.75. The van der Waals surface area contributed by atoms with Crippen LogP contribution in [0.3, 0.4) is 0 Å². The smallest absolute Gasteiger partial charge is 0.145 e. The Bertz CT molecular complexity index is 593. The minimum absolute atomic E-state index is 0.701. The molecule has 1 saturated heterocycles. The summed E-state index contributed by atoms with van der Waals surface area (Å²) in [5.74, 6) is 0.827. The second kappa shape index (κ2) is 7.15. The number of likely N-dealkylation sites (tertiary alicyclic amines) is 1. The lowest BCUT2D eigenvalue weighted by Gasteiger charge is -2.26. The van der Waals surface area contributed by atoms with Gasteiger partial charge in [0.1, 0.15) is 5.75 Å². The highest BCUT2D eigenvalue weighted by Gasteiger charge is 2.10. The number of fused-ring (bicyclic) bond motifs is 1. The lowest BCUT2D eigenvalue weighted by Crippen LogP contribution is -2.31. The van der Waals surface area contributed by atoms with Crippen molar-refractivity contribution in [3.8, 4) is 5.75 Å². The summed E-state index contributed by atoms with van der Waals surface area (Å²) in [5.41, 5.74) is 0. The summed E-state index contributed by atoms with van der Waals surface area (Å²) >= 11 is 6.30. The molecule has 0 N–H and O–H groups in total. The van der Waals surface area contributed by atoms with E-state index >= 15 is 0 Å². The van der Waals surface area contributed by atoms with Crippen molar-refractivity contribution < 1.29 is 4.74 Å². The molecule has 2 aromatic rings. The Hall–Kier alpha value is -1.25. The molecule has 21 heavy (non-hydrogen) atoms. The predicted molar refractivity (Wildman–Crippen MR) is 89.4 cm³/mol. The Balaban J connectivity index is 1.58. The van der Waals surface area contributed by atoms with Gasteiger partial charge in [-0.05, 0) is 43.8 Å². The summed E-state index contributed by atoms with van der Waals surface area (Å²) in [6, 6.07) is 12.2. The van der Waals surface area contributed by atoms with Crippen LogP contribution in [-0.2, 0) is 0 Å². The van der Waals surface area contributed by atoms with Crippen LogP contribution in [0.2, 0.25) is 5.02 Å². The molecule has 112 valence electrons. The topological polar surface area (TPSA) is 12.5 Å². The van der Waals surface area contributed by atoms with E-state index in [1.165, 1.54) is 37.7 Å². The highest BCUT2D eigenvalue weighted by atomic mass is 35.5. The molecule has 3 heteroatoms. The number of halogens is 1. The van der Waals surface area contributed by atoms with Crippen LogP contribution in [0.5, 0.6) is 5.75 Å². The zero-order chi connectivity index (χ0) is 14.5. The molecule has 0 unspecified atom stereocenters. The van der Waals surface area contributed by atoms with E-state index in [0.717, 1.165) is 30.7 Å². The minimum Gasteiger partial charge on any atom is -0.491 e. The number of benzene rings is 2. The minimum atomic E-state index is 0.701. The first-order valence-corrected chi connectivity index (χ1v) is 8.25. The van der Waals surface area contributed by atoms with Crippen molar-refractivity contribution in [3.05, 3.63) is 41.4 Å². The highest BCUT2D eigenvalue weighted by molar-refractivity contribution is 6.33. The largest absolute Gasteiger partial charge is 0.491 e. The van der Waals surface area contributed by atoms with E-state index in [9.17, 15) is 0 Å². The SMILES string of the molecule is Clc1ccc2ccccc2c1OCCCN1CCCCC1. The summed E-state index contributed by atoms with van der Waals surface area (Å²) in [6.07, 6.45) is 5.13. The fourth-order valence-corrected chi connectivity index (χ4v) is 3.23. The molecule has 0 radical (unpaired) electrons. The zero-order valence-corrected chi connectivity index (χ0v) is 13.1. The van der Waals surface area contributed by atoms with Crippen molar-refractivity contribution in [2.24, 2.45) is 0 Å². The van der Waals surface area contributed by atoms with Gasteiger partial charge in [0.05, 0.1) is 11.6 Å². The van der Waals surface area contributed by atoms with E-state index in [1.807, 2.05) is 24.3 Å². The van der Waals surface area contributed by atoms with Crippen LogP contribution >= 0.6 is 11.6 Å². The molecule has 3 rings (SSSR count). The van der Waals surface area contributed by atoms with Gasteiger partial charge in [0.15, 0.2) is 0 Å². The van der Waals surface area contributed by atoms with Crippen molar-refractivity contribution in [3.63, 3.8) is 0 Å². The molecule has 2 nitrogen and oxygen atoms in total. The van der Waals surface area contributed by atoms with E-state index in [0.29, 0.717) is 5.02 Å². The molecule has 1 heterocycles. The van der Waals surface area contributed by atoms with Crippen LogP contribution in [0.1, 0.15) is 25.7 Å². The van der Waals surface area contributed by atoms with Gasteiger partial charge in [0, 0.05) is 11.9 Å². The number of hydrogen-bond acceptors (Lipinski definition) is 2. The number of rotatable bonds is 5. The van der Waals surface area contributed by atoms with Gasteiger partial charge in [-0.1, -0.05) is 48.4 Å². The van der Waals surface area contributed by atoms with E-state index in [4.69, 9.17) is 16.3 Å². The van der Waals surface area contributed by atoms with Gasteiger partial charge in [-0.15, -0.1) is 0 Å². The fourth-order valence-electron chi connectivity index (χ4n) is 3.01. The lowest BCUT2D eigenvalue weighted by atomic mass is 10.1. The summed E-state index contributed by atoms with van der Waals surface area (Å²) in [5, 5.41) is 2.97. The molecule has 1 fully saturated rings. The van der Waals surface area contributed by atoms with Gasteiger partial charge in [-0.3, -0.25) is 0 Å². The van der Waals surface area contributed by atoms with Crippen LogP contribution in [0.15, 0.2) is 36.4 Å². The molecule has 0 atom stereocenters. The second-order valence-electron chi connectivity index (χ2n) is 5.70. The molecular formula is C18H22ClNO. The Labute approximate surface area is 131 Å². The van der Waals surface area contributed by atoms with Gasteiger partial charge >= 0.3 is 0 Å². The molecule has 0 bridgehead atoms. The molecule has 1 aliphatic rings. The van der Waals surface area contributed by atoms with Crippen LogP contribution in [0.25, 0.3) is 10.8 Å². The third-order valence-corrected chi connectivity index (χ3v) is 4.44. The Morgan fingerprint density at radius 2 is 1.81 bits per heavy atom.